The summed E-state index contributed by atoms with van der Waals surface area (Å²) in [5.41, 5.74) is -0.431. The van der Waals surface area contributed by atoms with E-state index in [9.17, 15) is 19.8 Å². The van der Waals surface area contributed by atoms with Gasteiger partial charge in [-0.15, -0.1) is 0 Å². The van der Waals surface area contributed by atoms with Crippen LogP contribution in [-0.2, 0) is 19.1 Å². The van der Waals surface area contributed by atoms with Gasteiger partial charge in [-0.2, -0.15) is 0 Å². The molecule has 0 N–H and O–H groups in total. The van der Waals surface area contributed by atoms with E-state index in [4.69, 9.17) is 9.47 Å². The summed E-state index contributed by atoms with van der Waals surface area (Å²) >= 11 is 0. The Morgan fingerprint density at radius 1 is 0.850 bits per heavy atom. The molecule has 6 heteroatoms. The summed E-state index contributed by atoms with van der Waals surface area (Å²) < 4.78 is 10.7. The number of hydrogen-bond acceptors (Lipinski definition) is 6. The molecule has 0 spiro atoms. The van der Waals surface area contributed by atoms with E-state index in [1.54, 1.807) is 0 Å². The number of carboxylic acids is 2. The number of rotatable bonds is 6. The van der Waals surface area contributed by atoms with Crippen LogP contribution in [-0.4, -0.2) is 37.4 Å². The molecule has 0 aromatic heterocycles. The molecule has 0 saturated carbocycles. The summed E-state index contributed by atoms with van der Waals surface area (Å²) in [4.78, 5) is 22.5. The molecule has 20 heavy (non-hydrogen) atoms. The molecule has 6 nitrogen and oxygen atoms in total. The van der Waals surface area contributed by atoms with E-state index in [2.05, 4.69) is 0 Å². The van der Waals surface area contributed by atoms with Crippen LogP contribution in [0.1, 0.15) is 38.5 Å². The summed E-state index contributed by atoms with van der Waals surface area (Å²) in [5, 5.41) is 22.5. The van der Waals surface area contributed by atoms with Gasteiger partial charge in [-0.3, -0.25) is 0 Å². The van der Waals surface area contributed by atoms with E-state index in [0.29, 0.717) is 13.2 Å². The zero-order valence-electron chi connectivity index (χ0n) is 11.3. The lowest BCUT2D eigenvalue weighted by Gasteiger charge is -2.21. The molecule has 2 rings (SSSR count). The second-order valence-electron chi connectivity index (χ2n) is 5.21. The third-order valence-corrected chi connectivity index (χ3v) is 3.77. The molecule has 0 bridgehead atoms. The van der Waals surface area contributed by atoms with Crippen LogP contribution >= 0.6 is 0 Å². The van der Waals surface area contributed by atoms with E-state index in [1.807, 2.05) is 0 Å². The second-order valence-corrected chi connectivity index (χ2v) is 5.21. The first kappa shape index (κ1) is 15.0. The molecule has 2 atom stereocenters. The van der Waals surface area contributed by atoms with Crippen molar-refractivity contribution in [1.29, 1.82) is 0 Å². The van der Waals surface area contributed by atoms with Crippen molar-refractivity contribution in [3.8, 4) is 0 Å². The van der Waals surface area contributed by atoms with Crippen molar-refractivity contribution in [3.63, 3.8) is 0 Å². The normalized spacial score (nSPS) is 27.4. The summed E-state index contributed by atoms with van der Waals surface area (Å²) in [6.07, 6.45) is 2.79. The minimum absolute atomic E-state index is 0.0539. The Balaban J connectivity index is 2.16. The number of carbonyl (C=O) groups excluding carboxylic acids is 2. The lowest BCUT2D eigenvalue weighted by atomic mass is 9.95. The number of hydrogen-bond donors (Lipinski definition) is 0. The van der Waals surface area contributed by atoms with Crippen LogP contribution in [0.25, 0.3) is 0 Å². The molecule has 0 amide bonds. The number of carbonyl (C=O) groups is 2. The van der Waals surface area contributed by atoms with E-state index >= 15 is 0 Å². The van der Waals surface area contributed by atoms with Crippen LogP contribution < -0.4 is 10.2 Å². The van der Waals surface area contributed by atoms with Crippen molar-refractivity contribution in [2.75, 3.05) is 13.2 Å². The van der Waals surface area contributed by atoms with Crippen LogP contribution in [0.3, 0.4) is 0 Å². The quantitative estimate of drug-likeness (QED) is 0.575. The van der Waals surface area contributed by atoms with Crippen molar-refractivity contribution < 1.29 is 29.3 Å². The molecular formula is C14H18O6-2. The fourth-order valence-electron chi connectivity index (χ4n) is 2.73. The predicted molar refractivity (Wildman–Crippen MR) is 64.2 cm³/mol. The Kier molecular flexibility index (Phi) is 5.14. The van der Waals surface area contributed by atoms with E-state index in [-0.39, 0.29) is 36.2 Å². The highest BCUT2D eigenvalue weighted by molar-refractivity contribution is 5.97. The predicted octanol–water partition coefficient (Wildman–Crippen LogP) is -1.08. The zero-order chi connectivity index (χ0) is 14.5. The standard InChI is InChI=1S/C14H20O6/c15-13(16)11(7-9-3-1-5-19-9)12(14(17)18)8-10-4-2-6-20-10/h9-10H,1-8H2,(H,15,16)(H,17,18)/p-2/b12-11-. The van der Waals surface area contributed by atoms with Crippen LogP contribution in [0.4, 0.5) is 0 Å². The summed E-state index contributed by atoms with van der Waals surface area (Å²) in [6, 6.07) is 0. The second kappa shape index (κ2) is 6.85. The largest absolute Gasteiger partial charge is 0.545 e. The van der Waals surface area contributed by atoms with E-state index in [1.165, 1.54) is 0 Å². The first-order chi connectivity index (χ1) is 9.58. The fraction of sp³-hybridized carbons (Fsp3) is 0.714. The SMILES string of the molecule is O=C([O-])/C(CC1CCCO1)=C(/CC1CCCO1)C(=O)[O-]. The molecule has 2 heterocycles. The van der Waals surface area contributed by atoms with Gasteiger partial charge in [0.1, 0.15) is 0 Å². The van der Waals surface area contributed by atoms with Gasteiger partial charge in [0, 0.05) is 26.1 Å². The molecular weight excluding hydrogens is 264 g/mol. The van der Waals surface area contributed by atoms with Crippen molar-refractivity contribution >= 4 is 11.9 Å². The number of aliphatic carboxylic acids is 2. The highest BCUT2D eigenvalue weighted by Gasteiger charge is 2.23. The third kappa shape index (κ3) is 3.80. The van der Waals surface area contributed by atoms with E-state index < -0.39 is 11.9 Å². The number of ether oxygens (including phenoxy) is 2. The molecule has 2 aliphatic heterocycles. The monoisotopic (exact) mass is 282 g/mol. The highest BCUT2D eigenvalue weighted by atomic mass is 16.5. The minimum Gasteiger partial charge on any atom is -0.545 e. The van der Waals surface area contributed by atoms with Crippen LogP contribution in [0, 0.1) is 0 Å². The molecule has 0 aliphatic carbocycles. The molecule has 2 unspecified atom stereocenters. The van der Waals surface area contributed by atoms with Gasteiger partial charge >= 0.3 is 0 Å². The topological polar surface area (TPSA) is 98.7 Å². The van der Waals surface area contributed by atoms with Crippen molar-refractivity contribution in [3.05, 3.63) is 11.1 Å². The van der Waals surface area contributed by atoms with Crippen LogP contribution in [0.2, 0.25) is 0 Å². The molecule has 0 aromatic rings. The smallest absolute Gasteiger partial charge is 0.0679 e. The van der Waals surface area contributed by atoms with Gasteiger partial charge in [-0.1, -0.05) is 0 Å². The summed E-state index contributed by atoms with van der Waals surface area (Å²) in [6.45, 7) is 1.16. The average molecular weight is 282 g/mol. The molecule has 2 fully saturated rings. The average Bonchev–Trinajstić information content (AvgIpc) is 3.06. The Morgan fingerprint density at radius 2 is 1.25 bits per heavy atom. The summed E-state index contributed by atoms with van der Waals surface area (Å²) in [5.74, 6) is -2.92. The highest BCUT2D eigenvalue weighted by Crippen LogP contribution is 2.26. The first-order valence-corrected chi connectivity index (χ1v) is 6.96. The van der Waals surface area contributed by atoms with Gasteiger partial charge in [0.15, 0.2) is 0 Å². The number of carboxylic acid groups (broad SMARTS) is 2. The van der Waals surface area contributed by atoms with Gasteiger partial charge in [-0.05, 0) is 36.8 Å². The van der Waals surface area contributed by atoms with E-state index in [0.717, 1.165) is 25.7 Å². The Labute approximate surface area is 117 Å². The maximum atomic E-state index is 11.3. The lowest BCUT2D eigenvalue weighted by Crippen LogP contribution is -2.34. The first-order valence-electron chi connectivity index (χ1n) is 6.96. The van der Waals surface area contributed by atoms with Crippen molar-refractivity contribution in [2.24, 2.45) is 0 Å². The third-order valence-electron chi connectivity index (χ3n) is 3.77. The molecule has 2 aliphatic rings. The molecule has 0 aromatic carbocycles. The fourth-order valence-corrected chi connectivity index (χ4v) is 2.73. The van der Waals surface area contributed by atoms with Gasteiger partial charge in [0.05, 0.1) is 24.1 Å². The summed E-state index contributed by atoms with van der Waals surface area (Å²) in [7, 11) is 0. The zero-order valence-corrected chi connectivity index (χ0v) is 11.3. The van der Waals surface area contributed by atoms with Gasteiger partial charge in [0.2, 0.25) is 0 Å². The maximum Gasteiger partial charge on any atom is 0.0679 e. The minimum atomic E-state index is -1.46. The van der Waals surface area contributed by atoms with Gasteiger partial charge in [0.25, 0.3) is 0 Å². The van der Waals surface area contributed by atoms with Gasteiger partial charge in [-0.25, -0.2) is 0 Å². The molecule has 112 valence electrons. The lowest BCUT2D eigenvalue weighted by molar-refractivity contribution is -0.304. The van der Waals surface area contributed by atoms with Crippen LogP contribution in [0.15, 0.2) is 11.1 Å². The molecule has 0 radical (unpaired) electrons. The van der Waals surface area contributed by atoms with Gasteiger partial charge < -0.3 is 29.3 Å². The van der Waals surface area contributed by atoms with Crippen molar-refractivity contribution in [2.45, 2.75) is 50.7 Å². The molecule has 2 saturated heterocycles. The Hall–Kier alpha value is -1.40. The van der Waals surface area contributed by atoms with Crippen LogP contribution in [0.5, 0.6) is 0 Å². The van der Waals surface area contributed by atoms with Crippen molar-refractivity contribution in [1.82, 2.24) is 0 Å². The Bertz CT molecular complexity index is 364. The Morgan fingerprint density at radius 3 is 1.50 bits per heavy atom. The maximum absolute atomic E-state index is 11.3.